The van der Waals surface area contributed by atoms with Crippen LogP contribution in [0.15, 0.2) is 0 Å². The van der Waals surface area contributed by atoms with Gasteiger partial charge in [-0.2, -0.15) is 12.6 Å². The molecule has 0 fully saturated rings. The summed E-state index contributed by atoms with van der Waals surface area (Å²) in [6.45, 7) is 1.42. The Balaban J connectivity index is -0.0000000945. The molecule has 0 heterocycles. The first-order chi connectivity index (χ1) is 9.22. The monoisotopic (exact) mass is 574 g/mol. The standard InChI is InChI=1S/C6H12N2O3S2.C3H7NO2S.2CH4.Au/c1-4(9)8-3-13-12-2-5(7)6(10)11;4-2(1-7)3(5)6;;;/h5H,2-3,7H2,1H3,(H,8,9)(H,10,11);2,7H,1,4H2,(H,5,6);2*1H4;. The second-order valence-corrected chi connectivity index (χ2v) is 6.22. The van der Waals surface area contributed by atoms with E-state index in [4.69, 9.17) is 21.7 Å². The minimum Gasteiger partial charge on any atom is -0.480 e. The zero-order chi connectivity index (χ0) is 16.1. The topological polar surface area (TPSA) is 156 Å². The molecule has 145 valence electrons. The van der Waals surface area contributed by atoms with E-state index in [1.165, 1.54) is 28.5 Å². The molecule has 1 amide bonds. The van der Waals surface area contributed by atoms with Gasteiger partial charge in [0, 0.05) is 40.8 Å². The molecule has 0 aliphatic carbocycles. The normalized spacial score (nSPS) is 11.0. The molecule has 0 saturated carbocycles. The smallest absolute Gasteiger partial charge is 0.321 e. The predicted octanol–water partition coefficient (Wildman–Crippen LogP) is 0.471. The number of nitrogens with one attached hydrogen (secondary N) is 1. The maximum Gasteiger partial charge on any atom is 0.321 e. The molecule has 0 saturated heterocycles. The molecule has 0 aromatic carbocycles. The molecule has 0 bridgehead atoms. The summed E-state index contributed by atoms with van der Waals surface area (Å²) in [6.07, 6.45) is 0. The number of rotatable bonds is 8. The predicted molar refractivity (Wildman–Crippen MR) is 97.3 cm³/mol. The molecule has 0 aromatic rings. The molecule has 0 aliphatic heterocycles. The Morgan fingerprint density at radius 1 is 1.09 bits per heavy atom. The number of carbonyl (C=O) groups excluding carboxylic acids is 1. The fourth-order valence-corrected chi connectivity index (χ4v) is 2.49. The summed E-state index contributed by atoms with van der Waals surface area (Å²) in [5.74, 6) is -1.13. The van der Waals surface area contributed by atoms with Gasteiger partial charge in [0.05, 0.1) is 5.88 Å². The maximum atomic E-state index is 10.4. The number of thiol groups is 1. The van der Waals surface area contributed by atoms with E-state index in [0.29, 0.717) is 11.6 Å². The molecule has 2 atom stereocenters. The van der Waals surface area contributed by atoms with Crippen molar-refractivity contribution in [2.24, 2.45) is 11.5 Å². The Morgan fingerprint density at radius 3 is 1.78 bits per heavy atom. The molecule has 23 heavy (non-hydrogen) atoms. The van der Waals surface area contributed by atoms with Gasteiger partial charge >= 0.3 is 11.9 Å². The second-order valence-electron chi connectivity index (χ2n) is 3.35. The first kappa shape index (κ1) is 34.5. The molecule has 0 aromatic heterocycles. The summed E-state index contributed by atoms with van der Waals surface area (Å²) in [7, 11) is 2.70. The van der Waals surface area contributed by atoms with E-state index in [2.05, 4.69) is 17.9 Å². The van der Waals surface area contributed by atoms with Crippen molar-refractivity contribution in [1.29, 1.82) is 0 Å². The van der Waals surface area contributed by atoms with Crippen LogP contribution in [0.3, 0.4) is 0 Å². The Morgan fingerprint density at radius 2 is 1.52 bits per heavy atom. The Hall–Kier alpha value is 0.120. The van der Waals surface area contributed by atoms with Crippen molar-refractivity contribution >= 4 is 52.1 Å². The molecular formula is C11H27AuN3O5S3. The second kappa shape index (κ2) is 22.1. The first-order valence-electron chi connectivity index (χ1n) is 5.28. The van der Waals surface area contributed by atoms with Gasteiger partial charge in [-0.05, 0) is 0 Å². The number of carbonyl (C=O) groups is 3. The van der Waals surface area contributed by atoms with Crippen LogP contribution in [0, 0.1) is 0 Å². The van der Waals surface area contributed by atoms with Gasteiger partial charge in [0.2, 0.25) is 5.91 Å². The molecule has 8 nitrogen and oxygen atoms in total. The maximum absolute atomic E-state index is 10.4. The van der Waals surface area contributed by atoms with Crippen LogP contribution in [0.2, 0.25) is 0 Å². The van der Waals surface area contributed by atoms with Crippen LogP contribution in [0.25, 0.3) is 0 Å². The van der Waals surface area contributed by atoms with E-state index < -0.39 is 24.0 Å². The van der Waals surface area contributed by atoms with Crippen molar-refractivity contribution in [2.75, 3.05) is 17.4 Å². The minimum atomic E-state index is -1.01. The summed E-state index contributed by atoms with van der Waals surface area (Å²) >= 11 is 3.65. The van der Waals surface area contributed by atoms with Crippen molar-refractivity contribution in [2.45, 2.75) is 33.9 Å². The van der Waals surface area contributed by atoms with Gasteiger partial charge < -0.3 is 27.0 Å². The number of nitrogens with two attached hydrogens (primary N) is 2. The Bertz CT molecular complexity index is 327. The Labute approximate surface area is 166 Å². The average Bonchev–Trinajstić information content (AvgIpc) is 2.37. The van der Waals surface area contributed by atoms with Gasteiger partial charge in [-0.25, -0.2) is 0 Å². The van der Waals surface area contributed by atoms with Gasteiger partial charge in [-0.3, -0.25) is 14.4 Å². The largest absolute Gasteiger partial charge is 0.480 e. The molecule has 0 spiro atoms. The zero-order valence-electron chi connectivity index (χ0n) is 11.1. The fraction of sp³-hybridized carbons (Fsp3) is 0.727. The summed E-state index contributed by atoms with van der Waals surface area (Å²) in [5, 5.41) is 19.0. The van der Waals surface area contributed by atoms with E-state index >= 15 is 0 Å². The summed E-state index contributed by atoms with van der Waals surface area (Å²) in [6, 6.07) is -1.65. The molecule has 1 radical (unpaired) electrons. The van der Waals surface area contributed by atoms with Crippen molar-refractivity contribution < 1.29 is 47.0 Å². The van der Waals surface area contributed by atoms with E-state index in [-0.39, 0.29) is 48.9 Å². The molecule has 2 unspecified atom stereocenters. The van der Waals surface area contributed by atoms with Crippen LogP contribution in [-0.4, -0.2) is 57.5 Å². The number of carboxylic acid groups (broad SMARTS) is 2. The number of hydrogen-bond donors (Lipinski definition) is 6. The third kappa shape index (κ3) is 27.3. The summed E-state index contributed by atoms with van der Waals surface area (Å²) in [4.78, 5) is 30.4. The third-order valence-corrected chi connectivity index (χ3v) is 4.12. The summed E-state index contributed by atoms with van der Waals surface area (Å²) < 4.78 is 0. The minimum absolute atomic E-state index is 0. The van der Waals surface area contributed by atoms with Crippen LogP contribution in [0.5, 0.6) is 0 Å². The van der Waals surface area contributed by atoms with Crippen molar-refractivity contribution in [3.63, 3.8) is 0 Å². The number of hydrogen-bond acceptors (Lipinski definition) is 8. The van der Waals surface area contributed by atoms with Gasteiger partial charge in [-0.1, -0.05) is 36.4 Å². The quantitative estimate of drug-likeness (QED) is 0.0798. The van der Waals surface area contributed by atoms with Crippen LogP contribution >= 0.6 is 34.2 Å². The first-order valence-corrected chi connectivity index (χ1v) is 8.40. The van der Waals surface area contributed by atoms with Gasteiger partial charge in [0.1, 0.15) is 12.1 Å². The van der Waals surface area contributed by atoms with Crippen molar-refractivity contribution in [3.8, 4) is 0 Å². The molecular weight excluding hydrogens is 547 g/mol. The van der Waals surface area contributed by atoms with Crippen LogP contribution in [0.1, 0.15) is 21.8 Å². The average molecular weight is 575 g/mol. The Kier molecular flexibility index (Phi) is 33.1. The van der Waals surface area contributed by atoms with E-state index in [1.54, 1.807) is 0 Å². The van der Waals surface area contributed by atoms with Crippen molar-refractivity contribution in [1.82, 2.24) is 5.32 Å². The van der Waals surface area contributed by atoms with Crippen LogP contribution < -0.4 is 16.8 Å². The molecule has 0 aliphatic rings. The van der Waals surface area contributed by atoms with E-state index in [0.717, 1.165) is 0 Å². The zero-order valence-corrected chi connectivity index (χ0v) is 15.8. The SMILES string of the molecule is C.C.CC(=O)NCSSCC(N)C(=O)O.NC(CS)C(=O)O.[Au]. The number of amides is 1. The fourth-order valence-electron chi connectivity index (χ4n) is 0.444. The summed E-state index contributed by atoms with van der Waals surface area (Å²) in [5.41, 5.74) is 10.2. The van der Waals surface area contributed by atoms with Gasteiger partial charge in [-0.15, -0.1) is 0 Å². The number of carboxylic acids is 2. The van der Waals surface area contributed by atoms with Crippen LogP contribution in [0.4, 0.5) is 0 Å². The molecule has 12 heteroatoms. The van der Waals surface area contributed by atoms with Crippen molar-refractivity contribution in [3.05, 3.63) is 0 Å². The van der Waals surface area contributed by atoms with Gasteiger partial charge in [0.15, 0.2) is 0 Å². The van der Waals surface area contributed by atoms with Crippen LogP contribution in [-0.2, 0) is 36.8 Å². The molecule has 0 rings (SSSR count). The van der Waals surface area contributed by atoms with Gasteiger partial charge in [0.25, 0.3) is 0 Å². The molecule has 7 N–H and O–H groups in total. The van der Waals surface area contributed by atoms with E-state index in [9.17, 15) is 14.4 Å². The van der Waals surface area contributed by atoms with E-state index in [1.807, 2.05) is 0 Å². The third-order valence-electron chi connectivity index (χ3n) is 1.54. The number of aliphatic carboxylic acids is 2.